The first-order valence-corrected chi connectivity index (χ1v) is 7.16. The van der Waals surface area contributed by atoms with Gasteiger partial charge < -0.3 is 10.6 Å². The lowest BCUT2D eigenvalue weighted by molar-refractivity contribution is -0.384. The molecule has 7 heteroatoms. The van der Waals surface area contributed by atoms with E-state index < -0.39 is 4.92 Å². The number of rotatable bonds is 7. The number of hydrogen-bond donors (Lipinski definition) is 2. The van der Waals surface area contributed by atoms with Crippen molar-refractivity contribution in [2.75, 3.05) is 11.9 Å². The van der Waals surface area contributed by atoms with Crippen LogP contribution in [0.5, 0.6) is 0 Å². The number of nitro groups is 1. The molecule has 0 unspecified atom stereocenters. The van der Waals surface area contributed by atoms with E-state index in [9.17, 15) is 14.9 Å². The second-order valence-electron chi connectivity index (χ2n) is 4.68. The second-order valence-corrected chi connectivity index (χ2v) is 5.54. The van der Waals surface area contributed by atoms with Gasteiger partial charge in [-0.1, -0.05) is 13.8 Å². The van der Waals surface area contributed by atoms with E-state index in [0.717, 1.165) is 13.0 Å². The third kappa shape index (κ3) is 5.66. The molecule has 0 fully saturated rings. The van der Waals surface area contributed by atoms with E-state index in [0.29, 0.717) is 22.6 Å². The van der Waals surface area contributed by atoms with Crippen molar-refractivity contribution in [3.05, 3.63) is 32.8 Å². The highest BCUT2D eigenvalue weighted by Gasteiger charge is 2.11. The highest BCUT2D eigenvalue weighted by molar-refractivity contribution is 9.10. The molecular weight excluding hydrogens is 326 g/mol. The number of nitrogens with zero attached hydrogens (tertiary/aromatic N) is 1. The molecule has 1 aromatic rings. The van der Waals surface area contributed by atoms with Crippen molar-refractivity contribution in [3.63, 3.8) is 0 Å². The standard InChI is InChI=1S/C13H18BrN3O3/c1-9(2)15-7-3-4-13(18)16-12-6-5-10(17(19)20)8-11(12)14/h5-6,8-9,15H,3-4,7H2,1-2H3,(H,16,18). The summed E-state index contributed by atoms with van der Waals surface area (Å²) in [5, 5.41) is 16.6. The number of halogens is 1. The zero-order valence-corrected chi connectivity index (χ0v) is 13.1. The lowest BCUT2D eigenvalue weighted by Crippen LogP contribution is -2.24. The molecule has 0 heterocycles. The number of amides is 1. The SMILES string of the molecule is CC(C)NCCCC(=O)Nc1ccc([N+](=O)[O-])cc1Br. The van der Waals surface area contributed by atoms with E-state index in [1.807, 2.05) is 13.8 Å². The Hall–Kier alpha value is -1.47. The van der Waals surface area contributed by atoms with E-state index in [1.165, 1.54) is 18.2 Å². The van der Waals surface area contributed by atoms with Crippen LogP contribution in [0.1, 0.15) is 26.7 Å². The number of carbonyl (C=O) groups is 1. The molecule has 0 aliphatic rings. The molecule has 0 saturated heterocycles. The summed E-state index contributed by atoms with van der Waals surface area (Å²) in [4.78, 5) is 21.9. The van der Waals surface area contributed by atoms with Gasteiger partial charge in [0.2, 0.25) is 5.91 Å². The smallest absolute Gasteiger partial charge is 0.270 e. The van der Waals surface area contributed by atoms with Crippen LogP contribution in [-0.2, 0) is 4.79 Å². The van der Waals surface area contributed by atoms with E-state index >= 15 is 0 Å². The number of carbonyl (C=O) groups excluding carboxylic acids is 1. The minimum atomic E-state index is -0.478. The normalized spacial score (nSPS) is 10.6. The molecule has 20 heavy (non-hydrogen) atoms. The van der Waals surface area contributed by atoms with E-state index in [2.05, 4.69) is 26.6 Å². The van der Waals surface area contributed by atoms with Gasteiger partial charge in [0.25, 0.3) is 5.69 Å². The third-order valence-corrected chi connectivity index (χ3v) is 3.23. The van der Waals surface area contributed by atoms with Gasteiger partial charge in [0.1, 0.15) is 0 Å². The largest absolute Gasteiger partial charge is 0.325 e. The minimum Gasteiger partial charge on any atom is -0.325 e. The fraction of sp³-hybridized carbons (Fsp3) is 0.462. The zero-order chi connectivity index (χ0) is 15.1. The van der Waals surface area contributed by atoms with Crippen LogP contribution >= 0.6 is 15.9 Å². The summed E-state index contributed by atoms with van der Waals surface area (Å²) < 4.78 is 0.500. The van der Waals surface area contributed by atoms with Gasteiger partial charge in [-0.2, -0.15) is 0 Å². The molecule has 2 N–H and O–H groups in total. The van der Waals surface area contributed by atoms with Crippen LogP contribution in [-0.4, -0.2) is 23.4 Å². The summed E-state index contributed by atoms with van der Waals surface area (Å²) in [5.41, 5.74) is 0.522. The fourth-order valence-corrected chi connectivity index (χ4v) is 2.04. The number of benzene rings is 1. The highest BCUT2D eigenvalue weighted by atomic mass is 79.9. The molecule has 110 valence electrons. The molecule has 0 aliphatic heterocycles. The zero-order valence-electron chi connectivity index (χ0n) is 11.5. The summed E-state index contributed by atoms with van der Waals surface area (Å²) in [6, 6.07) is 4.66. The van der Waals surface area contributed by atoms with Gasteiger partial charge in [0.15, 0.2) is 0 Å². The van der Waals surface area contributed by atoms with Crippen molar-refractivity contribution in [2.45, 2.75) is 32.7 Å². The van der Waals surface area contributed by atoms with Gasteiger partial charge in [0, 0.05) is 29.1 Å². The molecule has 1 amide bonds. The maximum atomic E-state index is 11.7. The van der Waals surface area contributed by atoms with Gasteiger partial charge in [-0.25, -0.2) is 0 Å². The first-order valence-electron chi connectivity index (χ1n) is 6.37. The lowest BCUT2D eigenvalue weighted by atomic mass is 10.2. The van der Waals surface area contributed by atoms with Crippen LogP contribution in [0.2, 0.25) is 0 Å². The average molecular weight is 344 g/mol. The Labute approximate surface area is 126 Å². The van der Waals surface area contributed by atoms with Crippen molar-refractivity contribution >= 4 is 33.2 Å². The number of anilines is 1. The van der Waals surface area contributed by atoms with Crippen LogP contribution in [0.4, 0.5) is 11.4 Å². The van der Waals surface area contributed by atoms with Crippen LogP contribution in [0.25, 0.3) is 0 Å². The van der Waals surface area contributed by atoms with Gasteiger partial charge in [-0.3, -0.25) is 14.9 Å². The quantitative estimate of drug-likeness (QED) is 0.452. The third-order valence-electron chi connectivity index (χ3n) is 2.57. The van der Waals surface area contributed by atoms with Crippen molar-refractivity contribution in [1.29, 1.82) is 0 Å². The maximum Gasteiger partial charge on any atom is 0.270 e. The Morgan fingerprint density at radius 2 is 2.15 bits per heavy atom. The molecule has 0 atom stereocenters. The number of non-ortho nitro benzene ring substituents is 1. The molecule has 6 nitrogen and oxygen atoms in total. The molecule has 0 aromatic heterocycles. The van der Waals surface area contributed by atoms with Crippen molar-refractivity contribution in [2.24, 2.45) is 0 Å². The Bertz CT molecular complexity index is 492. The summed E-state index contributed by atoms with van der Waals surface area (Å²) in [5.74, 6) is -0.106. The number of hydrogen-bond acceptors (Lipinski definition) is 4. The van der Waals surface area contributed by atoms with Gasteiger partial charge in [-0.15, -0.1) is 0 Å². The Morgan fingerprint density at radius 1 is 1.45 bits per heavy atom. The predicted molar refractivity (Wildman–Crippen MR) is 81.8 cm³/mol. The van der Waals surface area contributed by atoms with Gasteiger partial charge in [0.05, 0.1) is 10.6 Å². The Balaban J connectivity index is 2.48. The average Bonchev–Trinajstić information content (AvgIpc) is 2.36. The van der Waals surface area contributed by atoms with Crippen LogP contribution in [0, 0.1) is 10.1 Å². The molecule has 0 spiro atoms. The van der Waals surface area contributed by atoms with E-state index in [1.54, 1.807) is 0 Å². The first-order chi connectivity index (χ1) is 9.40. The number of nitro benzene ring substituents is 1. The summed E-state index contributed by atoms with van der Waals surface area (Å²) in [6.07, 6.45) is 1.15. The first kappa shape index (κ1) is 16.6. The summed E-state index contributed by atoms with van der Waals surface area (Å²) >= 11 is 3.21. The monoisotopic (exact) mass is 343 g/mol. The highest BCUT2D eigenvalue weighted by Crippen LogP contribution is 2.27. The number of nitrogens with one attached hydrogen (secondary N) is 2. The molecule has 0 aliphatic carbocycles. The Morgan fingerprint density at radius 3 is 2.70 bits per heavy atom. The van der Waals surface area contributed by atoms with Crippen LogP contribution in [0.3, 0.4) is 0 Å². The predicted octanol–water partition coefficient (Wildman–Crippen LogP) is 3.07. The Kier molecular flexibility index (Phi) is 6.60. The molecular formula is C13H18BrN3O3. The topological polar surface area (TPSA) is 84.3 Å². The van der Waals surface area contributed by atoms with E-state index in [-0.39, 0.29) is 11.6 Å². The second kappa shape index (κ2) is 7.96. The molecule has 1 rings (SSSR count). The summed E-state index contributed by atoms with van der Waals surface area (Å²) in [6.45, 7) is 4.88. The lowest BCUT2D eigenvalue weighted by Gasteiger charge is -2.09. The van der Waals surface area contributed by atoms with Crippen LogP contribution in [0.15, 0.2) is 22.7 Å². The molecule has 0 radical (unpaired) electrons. The molecule has 0 bridgehead atoms. The van der Waals surface area contributed by atoms with Crippen molar-refractivity contribution in [1.82, 2.24) is 5.32 Å². The maximum absolute atomic E-state index is 11.7. The van der Waals surface area contributed by atoms with Gasteiger partial charge >= 0.3 is 0 Å². The summed E-state index contributed by atoms with van der Waals surface area (Å²) in [7, 11) is 0. The van der Waals surface area contributed by atoms with Crippen LogP contribution < -0.4 is 10.6 Å². The van der Waals surface area contributed by atoms with Gasteiger partial charge in [-0.05, 0) is 35.0 Å². The van der Waals surface area contributed by atoms with E-state index in [4.69, 9.17) is 0 Å². The van der Waals surface area contributed by atoms with Crippen molar-refractivity contribution in [3.8, 4) is 0 Å². The minimum absolute atomic E-state index is 0.0176. The molecule has 1 aromatic carbocycles. The fourth-order valence-electron chi connectivity index (χ4n) is 1.57. The molecule has 0 saturated carbocycles. The van der Waals surface area contributed by atoms with Crippen molar-refractivity contribution < 1.29 is 9.72 Å².